The molecule has 2 amide bonds. The van der Waals surface area contributed by atoms with Crippen molar-refractivity contribution in [1.82, 2.24) is 24.5 Å². The van der Waals surface area contributed by atoms with Crippen molar-refractivity contribution >= 4 is 46.4 Å². The molecule has 5 heterocycles. The van der Waals surface area contributed by atoms with E-state index in [1.54, 1.807) is 37.4 Å². The molecule has 216 valence electrons. The van der Waals surface area contributed by atoms with E-state index >= 15 is 0 Å². The molecule has 0 fully saturated rings. The van der Waals surface area contributed by atoms with Crippen LogP contribution in [0.25, 0.3) is 11.4 Å². The second-order valence-corrected chi connectivity index (χ2v) is 11.5. The molecule has 0 saturated heterocycles. The fourth-order valence-corrected chi connectivity index (χ4v) is 5.98. The van der Waals surface area contributed by atoms with Crippen LogP contribution in [0, 0.1) is 6.92 Å². The Bertz CT molecular complexity index is 1790. The Balaban J connectivity index is 1.68. The van der Waals surface area contributed by atoms with Crippen LogP contribution in [0.5, 0.6) is 11.9 Å². The number of aromatic nitrogens is 5. The topological polar surface area (TPSA) is 124 Å². The molecule has 1 atom stereocenters. The zero-order valence-electron chi connectivity index (χ0n) is 23.7. The molecule has 13 heteroatoms. The van der Waals surface area contributed by atoms with Crippen LogP contribution in [0.4, 0.5) is 11.4 Å². The Hall–Kier alpha value is -4.22. The summed E-state index contributed by atoms with van der Waals surface area (Å²) < 4.78 is 13.1. The Labute approximate surface area is 251 Å². The van der Waals surface area contributed by atoms with Gasteiger partial charge in [0.2, 0.25) is 5.88 Å². The molecule has 0 bridgehead atoms. The number of amides is 2. The zero-order chi connectivity index (χ0) is 30.1. The molecule has 1 spiro atoms. The summed E-state index contributed by atoms with van der Waals surface area (Å²) in [5, 5.41) is 3.70. The minimum Gasteiger partial charge on any atom is -0.480 e. The van der Waals surface area contributed by atoms with Gasteiger partial charge in [-0.2, -0.15) is 4.98 Å². The van der Waals surface area contributed by atoms with Gasteiger partial charge < -0.3 is 19.4 Å². The number of anilines is 2. The Morgan fingerprint density at radius 2 is 1.76 bits per heavy atom. The number of imidazole rings is 1. The summed E-state index contributed by atoms with van der Waals surface area (Å²) >= 11 is 12.7. The Kier molecular flexibility index (Phi) is 6.62. The molecule has 1 aromatic carbocycles. The second kappa shape index (κ2) is 9.95. The molecular formula is C29H27Cl2N7O4. The molecule has 42 heavy (non-hydrogen) atoms. The molecule has 3 aromatic heterocycles. The lowest BCUT2D eigenvalue weighted by Gasteiger charge is -2.36. The number of rotatable bonds is 6. The lowest BCUT2D eigenvalue weighted by Crippen LogP contribution is -2.51. The number of benzene rings is 1. The standard InChI is InChI=1S/C29H27Cl2N7O4/c1-13(2)37-23-22(35-24(37)18-12-33-28(42-14(3)4)36-25(18)41-6)26(39)38(21-10-17(31)11-32-15(21)5)29(23)19-8-7-16(30)9-20(19)34-27(29)40/h7-14H,1-6H3,(H,34,40). The maximum atomic E-state index is 14.5. The van der Waals surface area contributed by atoms with Gasteiger partial charge >= 0.3 is 6.01 Å². The van der Waals surface area contributed by atoms with E-state index < -0.39 is 17.4 Å². The highest BCUT2D eigenvalue weighted by Crippen LogP contribution is 2.55. The molecule has 2 aliphatic heterocycles. The van der Waals surface area contributed by atoms with Crippen molar-refractivity contribution in [3.63, 3.8) is 0 Å². The number of pyridine rings is 1. The van der Waals surface area contributed by atoms with E-state index in [1.807, 2.05) is 32.3 Å². The first-order valence-electron chi connectivity index (χ1n) is 13.3. The van der Waals surface area contributed by atoms with E-state index in [2.05, 4.69) is 20.3 Å². The third-order valence-corrected chi connectivity index (χ3v) is 7.68. The summed E-state index contributed by atoms with van der Waals surface area (Å²) in [6.45, 7) is 9.37. The van der Waals surface area contributed by atoms with E-state index in [1.165, 1.54) is 18.2 Å². The van der Waals surface area contributed by atoms with Gasteiger partial charge in [-0.15, -0.1) is 0 Å². The van der Waals surface area contributed by atoms with Crippen LogP contribution in [0.3, 0.4) is 0 Å². The molecule has 4 aromatic rings. The van der Waals surface area contributed by atoms with E-state index in [4.69, 9.17) is 37.7 Å². The van der Waals surface area contributed by atoms with E-state index in [0.29, 0.717) is 49.8 Å². The van der Waals surface area contributed by atoms with Crippen molar-refractivity contribution in [2.45, 2.75) is 52.3 Å². The SMILES string of the molecule is COc1nc(OC(C)C)ncc1-c1nc2c(n1C(C)C)C1(C(=O)Nc3cc(Cl)ccc31)N(c1cc(Cl)cnc1C)C2=O. The minimum absolute atomic E-state index is 0.0978. The van der Waals surface area contributed by atoms with Crippen LogP contribution in [-0.4, -0.2) is 49.5 Å². The lowest BCUT2D eigenvalue weighted by molar-refractivity contribution is -0.119. The number of nitrogens with one attached hydrogen (secondary N) is 1. The van der Waals surface area contributed by atoms with Crippen molar-refractivity contribution in [3.05, 3.63) is 69.3 Å². The van der Waals surface area contributed by atoms with Crippen LogP contribution >= 0.6 is 23.2 Å². The second-order valence-electron chi connectivity index (χ2n) is 10.6. The quantitative estimate of drug-likeness (QED) is 0.301. The van der Waals surface area contributed by atoms with Gasteiger partial charge in [0.1, 0.15) is 5.82 Å². The molecule has 6 rings (SSSR count). The molecule has 2 aliphatic rings. The number of methoxy groups -OCH3 is 1. The number of hydrogen-bond acceptors (Lipinski definition) is 8. The van der Waals surface area contributed by atoms with Gasteiger partial charge in [-0.05, 0) is 52.8 Å². The average molecular weight is 608 g/mol. The largest absolute Gasteiger partial charge is 0.480 e. The number of carbonyl (C=O) groups excluding carboxylic acids is 2. The first kappa shape index (κ1) is 27.9. The van der Waals surface area contributed by atoms with Crippen molar-refractivity contribution in [1.29, 1.82) is 0 Å². The fraction of sp³-hybridized carbons (Fsp3) is 0.310. The number of hydrogen-bond donors (Lipinski definition) is 1. The smallest absolute Gasteiger partial charge is 0.319 e. The first-order chi connectivity index (χ1) is 20.0. The summed E-state index contributed by atoms with van der Waals surface area (Å²) in [6, 6.07) is 6.60. The van der Waals surface area contributed by atoms with Crippen LogP contribution in [-0.2, 0) is 10.3 Å². The van der Waals surface area contributed by atoms with Gasteiger partial charge in [-0.1, -0.05) is 29.3 Å². The summed E-state index contributed by atoms with van der Waals surface area (Å²) in [5.74, 6) is -0.354. The summed E-state index contributed by atoms with van der Waals surface area (Å²) in [7, 11) is 1.48. The number of carbonyl (C=O) groups is 2. The van der Waals surface area contributed by atoms with Gasteiger partial charge in [-0.3, -0.25) is 19.5 Å². The monoisotopic (exact) mass is 607 g/mol. The summed E-state index contributed by atoms with van der Waals surface area (Å²) in [5.41, 5.74) is 1.20. The van der Waals surface area contributed by atoms with Crippen LogP contribution in [0.2, 0.25) is 10.0 Å². The first-order valence-corrected chi connectivity index (χ1v) is 14.0. The molecule has 0 aliphatic carbocycles. The zero-order valence-corrected chi connectivity index (χ0v) is 25.2. The average Bonchev–Trinajstić information content (AvgIpc) is 3.53. The maximum Gasteiger partial charge on any atom is 0.319 e. The van der Waals surface area contributed by atoms with E-state index in [0.717, 1.165) is 0 Å². The van der Waals surface area contributed by atoms with Crippen molar-refractivity contribution in [3.8, 4) is 23.3 Å². The molecule has 0 radical (unpaired) electrons. The predicted octanol–water partition coefficient (Wildman–Crippen LogP) is 5.58. The van der Waals surface area contributed by atoms with Gasteiger partial charge in [0, 0.05) is 34.7 Å². The number of nitrogens with zero attached hydrogens (tertiary/aromatic N) is 6. The predicted molar refractivity (Wildman–Crippen MR) is 158 cm³/mol. The molecule has 0 saturated carbocycles. The highest BCUT2D eigenvalue weighted by atomic mass is 35.5. The van der Waals surface area contributed by atoms with Crippen LogP contribution in [0.15, 0.2) is 36.7 Å². The third kappa shape index (κ3) is 3.94. The minimum atomic E-state index is -1.65. The Morgan fingerprint density at radius 3 is 2.45 bits per heavy atom. The highest BCUT2D eigenvalue weighted by Gasteiger charge is 2.64. The van der Waals surface area contributed by atoms with Crippen LogP contribution in [0.1, 0.15) is 61.2 Å². The van der Waals surface area contributed by atoms with Crippen molar-refractivity contribution < 1.29 is 19.1 Å². The molecular weight excluding hydrogens is 581 g/mol. The third-order valence-electron chi connectivity index (χ3n) is 7.23. The van der Waals surface area contributed by atoms with Crippen LogP contribution < -0.4 is 19.7 Å². The van der Waals surface area contributed by atoms with E-state index in [-0.39, 0.29) is 29.7 Å². The molecule has 1 unspecified atom stereocenters. The van der Waals surface area contributed by atoms with E-state index in [9.17, 15) is 9.59 Å². The number of aryl methyl sites for hydroxylation is 1. The highest BCUT2D eigenvalue weighted by molar-refractivity contribution is 6.32. The Morgan fingerprint density at radius 1 is 1.00 bits per heavy atom. The molecule has 11 nitrogen and oxygen atoms in total. The van der Waals surface area contributed by atoms with Crippen molar-refractivity contribution in [2.24, 2.45) is 0 Å². The maximum absolute atomic E-state index is 14.5. The van der Waals surface area contributed by atoms with Gasteiger partial charge in [-0.25, -0.2) is 9.97 Å². The van der Waals surface area contributed by atoms with Gasteiger partial charge in [0.25, 0.3) is 11.8 Å². The number of halogens is 2. The normalized spacial score (nSPS) is 17.3. The van der Waals surface area contributed by atoms with Crippen molar-refractivity contribution in [2.75, 3.05) is 17.3 Å². The molecule has 1 N–H and O–H groups in total. The lowest BCUT2D eigenvalue weighted by atomic mass is 9.87. The summed E-state index contributed by atoms with van der Waals surface area (Å²) in [4.78, 5) is 48.3. The summed E-state index contributed by atoms with van der Waals surface area (Å²) in [6.07, 6.45) is 2.89. The van der Waals surface area contributed by atoms with Gasteiger partial charge in [0.15, 0.2) is 11.2 Å². The van der Waals surface area contributed by atoms with Gasteiger partial charge in [0.05, 0.1) is 40.9 Å². The number of fused-ring (bicyclic) bond motifs is 4. The fourth-order valence-electron chi connectivity index (χ4n) is 5.65. The number of ether oxygens (including phenoxy) is 2.